The molecule has 0 fully saturated rings. The number of aromatic nitrogens is 2. The van der Waals surface area contributed by atoms with E-state index in [1.807, 2.05) is 66.7 Å². The van der Waals surface area contributed by atoms with Crippen molar-refractivity contribution in [3.8, 4) is 11.6 Å². The van der Waals surface area contributed by atoms with Gasteiger partial charge >= 0.3 is 10.5 Å². The van der Waals surface area contributed by atoms with Crippen LogP contribution in [0.1, 0.15) is 11.1 Å². The Hall–Kier alpha value is -3.15. The zero-order valence-electron chi connectivity index (χ0n) is 15.2. The van der Waals surface area contributed by atoms with Crippen LogP contribution in [0, 0.1) is 0 Å². The van der Waals surface area contributed by atoms with E-state index in [9.17, 15) is 9.90 Å². The lowest BCUT2D eigenvalue weighted by atomic mass is 10.1. The van der Waals surface area contributed by atoms with Crippen LogP contribution in [-0.4, -0.2) is 9.67 Å². The van der Waals surface area contributed by atoms with Crippen LogP contribution in [0.25, 0.3) is 20.9 Å². The third-order valence-electron chi connectivity index (χ3n) is 4.94. The summed E-state index contributed by atoms with van der Waals surface area (Å²) < 4.78 is 4.40. The number of hydrogen-bond acceptors (Lipinski definition) is 3. The summed E-state index contributed by atoms with van der Waals surface area (Å²) in [4.78, 5) is 14.2. The van der Waals surface area contributed by atoms with E-state index in [0.29, 0.717) is 27.7 Å². The van der Waals surface area contributed by atoms with Crippen molar-refractivity contribution in [1.29, 1.82) is 0 Å². The van der Waals surface area contributed by atoms with Crippen molar-refractivity contribution in [2.75, 3.05) is 0 Å². The molecule has 0 aliphatic rings. The second-order valence-electron chi connectivity index (χ2n) is 6.77. The second-order valence-corrected chi connectivity index (χ2v) is 8.21. The van der Waals surface area contributed by atoms with Crippen LogP contribution in [0.5, 0.6) is 5.88 Å². The fourth-order valence-electron chi connectivity index (χ4n) is 3.55. The molecule has 4 nitrogen and oxygen atoms in total. The highest BCUT2D eigenvalue weighted by molar-refractivity contribution is 7.23. The van der Waals surface area contributed by atoms with Gasteiger partial charge in [0.15, 0.2) is 5.52 Å². The smallest absolute Gasteiger partial charge is 0.357 e. The molecule has 0 saturated heterocycles. The standard InChI is InChI=1S/C23H15ClN2O2S/c24-16-10-12-17(13-11-16)25-21(27)18(14-15-6-2-1-3-7-15)22(28)26-19-8-4-5-9-20(19)29-23(25)26/h1-13H,14H2/p+1. The third-order valence-corrected chi connectivity index (χ3v) is 6.31. The van der Waals surface area contributed by atoms with Crippen LogP contribution in [0.3, 0.4) is 0 Å². The van der Waals surface area contributed by atoms with Gasteiger partial charge < -0.3 is 5.11 Å². The molecule has 5 aromatic rings. The Balaban J connectivity index is 1.89. The first kappa shape index (κ1) is 17.9. The summed E-state index contributed by atoms with van der Waals surface area (Å²) in [6.07, 6.45) is 0.339. The summed E-state index contributed by atoms with van der Waals surface area (Å²) in [6, 6.07) is 24.6. The minimum atomic E-state index is -0.236. The Morgan fingerprint density at radius 2 is 1.62 bits per heavy atom. The number of halogens is 1. The molecular formula is C23H16ClN2O2S+. The number of benzene rings is 3. The molecule has 0 amide bonds. The molecule has 2 heterocycles. The van der Waals surface area contributed by atoms with Gasteiger partial charge in [0.05, 0.1) is 4.70 Å². The Kier molecular flexibility index (Phi) is 4.34. The maximum absolute atomic E-state index is 13.5. The molecule has 142 valence electrons. The van der Waals surface area contributed by atoms with Gasteiger partial charge in [-0.2, -0.15) is 0 Å². The summed E-state index contributed by atoms with van der Waals surface area (Å²) in [6.45, 7) is 0. The zero-order chi connectivity index (χ0) is 20.0. The van der Waals surface area contributed by atoms with Crippen LogP contribution in [0.2, 0.25) is 5.02 Å². The quantitative estimate of drug-likeness (QED) is 0.429. The van der Waals surface area contributed by atoms with Gasteiger partial charge in [-0.1, -0.05) is 54.1 Å². The molecule has 0 aliphatic carbocycles. The van der Waals surface area contributed by atoms with Crippen molar-refractivity contribution < 1.29 is 9.51 Å². The summed E-state index contributed by atoms with van der Waals surface area (Å²) in [7, 11) is 0. The highest BCUT2D eigenvalue weighted by Gasteiger charge is 2.28. The van der Waals surface area contributed by atoms with Gasteiger partial charge in [-0.05, 0) is 53.3 Å². The summed E-state index contributed by atoms with van der Waals surface area (Å²) in [5.74, 6) is -0.0171. The van der Waals surface area contributed by atoms with Gasteiger partial charge in [-0.25, -0.2) is 4.79 Å². The van der Waals surface area contributed by atoms with Crippen molar-refractivity contribution in [2.24, 2.45) is 0 Å². The first-order valence-electron chi connectivity index (χ1n) is 9.13. The van der Waals surface area contributed by atoms with Crippen LogP contribution in [0.4, 0.5) is 0 Å². The number of thiazole rings is 1. The number of hydrogen-bond donors (Lipinski definition) is 1. The van der Waals surface area contributed by atoms with Gasteiger partial charge in [-0.15, -0.1) is 8.97 Å². The minimum absolute atomic E-state index is 0.0171. The van der Waals surface area contributed by atoms with E-state index in [1.54, 1.807) is 21.1 Å². The Labute approximate surface area is 175 Å². The molecule has 1 N–H and O–H groups in total. The average Bonchev–Trinajstić information content (AvgIpc) is 3.12. The number of rotatable bonds is 3. The van der Waals surface area contributed by atoms with Gasteiger partial charge in [0, 0.05) is 11.4 Å². The number of aromatic hydroxyl groups is 1. The molecule has 5 rings (SSSR count). The van der Waals surface area contributed by atoms with Gasteiger partial charge in [0.25, 0.3) is 5.88 Å². The van der Waals surface area contributed by atoms with Gasteiger partial charge in [-0.3, -0.25) is 0 Å². The summed E-state index contributed by atoms with van der Waals surface area (Å²) in [5.41, 5.74) is 2.65. The van der Waals surface area contributed by atoms with Crippen LogP contribution in [-0.2, 0) is 6.42 Å². The van der Waals surface area contributed by atoms with Crippen molar-refractivity contribution >= 4 is 38.1 Å². The number of fused-ring (bicyclic) bond motifs is 3. The zero-order valence-corrected chi connectivity index (χ0v) is 16.8. The molecule has 29 heavy (non-hydrogen) atoms. The normalized spacial score (nSPS) is 11.3. The van der Waals surface area contributed by atoms with Crippen LogP contribution in [0.15, 0.2) is 83.7 Å². The van der Waals surface area contributed by atoms with Crippen LogP contribution < -0.4 is 9.96 Å². The Morgan fingerprint density at radius 1 is 0.931 bits per heavy atom. The third kappa shape index (κ3) is 2.99. The fraction of sp³-hybridized carbons (Fsp3) is 0.0435. The van der Waals surface area contributed by atoms with E-state index in [1.165, 1.54) is 11.3 Å². The van der Waals surface area contributed by atoms with Gasteiger partial charge in [0.2, 0.25) is 0 Å². The highest BCUT2D eigenvalue weighted by atomic mass is 35.5. The largest absolute Gasteiger partial charge is 0.477 e. The molecule has 3 aromatic carbocycles. The molecule has 6 heteroatoms. The Morgan fingerprint density at radius 3 is 2.38 bits per heavy atom. The van der Waals surface area contributed by atoms with E-state index in [4.69, 9.17) is 11.6 Å². The Bertz CT molecular complexity index is 1410. The lowest BCUT2D eigenvalue weighted by Gasteiger charge is -2.07. The molecule has 0 bridgehead atoms. The van der Waals surface area contributed by atoms with E-state index in [2.05, 4.69) is 0 Å². The highest BCUT2D eigenvalue weighted by Crippen LogP contribution is 2.27. The molecule has 0 radical (unpaired) electrons. The lowest BCUT2D eigenvalue weighted by molar-refractivity contribution is -0.494. The van der Waals surface area contributed by atoms with Crippen molar-refractivity contribution in [1.82, 2.24) is 4.57 Å². The predicted molar refractivity (Wildman–Crippen MR) is 117 cm³/mol. The topological polar surface area (TPSA) is 46.3 Å². The van der Waals surface area contributed by atoms with Crippen molar-refractivity contribution in [3.05, 3.63) is 105 Å². The molecule has 0 spiro atoms. The summed E-state index contributed by atoms with van der Waals surface area (Å²) in [5, 5.41) is 11.7. The van der Waals surface area contributed by atoms with E-state index >= 15 is 0 Å². The molecule has 2 aromatic heterocycles. The summed E-state index contributed by atoms with van der Waals surface area (Å²) >= 11 is 7.52. The monoisotopic (exact) mass is 419 g/mol. The van der Waals surface area contributed by atoms with E-state index in [-0.39, 0.29) is 11.4 Å². The SMILES string of the molecule is O=c1c(Cc2ccccc2)c(O)[n+]2c3ccccc3sc2n1-c1ccc(Cl)cc1. The maximum Gasteiger partial charge on any atom is 0.357 e. The fourth-order valence-corrected chi connectivity index (χ4v) is 4.84. The number of para-hydroxylation sites is 1. The molecule has 0 saturated carbocycles. The minimum Gasteiger partial charge on any atom is -0.477 e. The van der Waals surface area contributed by atoms with E-state index < -0.39 is 0 Å². The molecule has 0 unspecified atom stereocenters. The van der Waals surface area contributed by atoms with Crippen molar-refractivity contribution in [2.45, 2.75) is 6.42 Å². The average molecular weight is 420 g/mol. The first-order chi connectivity index (χ1) is 14.1. The second kappa shape index (κ2) is 7.03. The number of nitrogens with zero attached hydrogens (tertiary/aromatic N) is 2. The molecular weight excluding hydrogens is 404 g/mol. The maximum atomic E-state index is 13.5. The predicted octanol–water partition coefficient (Wildman–Crippen LogP) is 4.74. The first-order valence-corrected chi connectivity index (χ1v) is 10.3. The van der Waals surface area contributed by atoms with Crippen LogP contribution >= 0.6 is 22.9 Å². The van der Waals surface area contributed by atoms with E-state index in [0.717, 1.165) is 15.8 Å². The van der Waals surface area contributed by atoms with Gasteiger partial charge in [0.1, 0.15) is 11.3 Å². The lowest BCUT2D eigenvalue weighted by Crippen LogP contribution is -2.34. The molecule has 0 aliphatic heterocycles. The van der Waals surface area contributed by atoms with Crippen molar-refractivity contribution in [3.63, 3.8) is 0 Å². The molecule has 0 atom stereocenters.